The third kappa shape index (κ3) is 4.26. The van der Waals surface area contributed by atoms with Gasteiger partial charge in [-0.15, -0.1) is 0 Å². The first-order valence-corrected chi connectivity index (χ1v) is 11.5. The van der Waals surface area contributed by atoms with Gasteiger partial charge >= 0.3 is 0 Å². The number of carbonyl (C=O) groups excluding carboxylic acids is 2. The quantitative estimate of drug-likeness (QED) is 0.242. The number of pyridine rings is 1. The number of amides is 1. The maximum absolute atomic E-state index is 14.1. The van der Waals surface area contributed by atoms with Gasteiger partial charge in [-0.2, -0.15) is 10.4 Å². The lowest BCUT2D eigenvalue weighted by atomic mass is 9.99. The summed E-state index contributed by atoms with van der Waals surface area (Å²) in [7, 11) is 0. The van der Waals surface area contributed by atoms with E-state index < -0.39 is 17.7 Å². The van der Waals surface area contributed by atoms with Crippen molar-refractivity contribution in [2.75, 3.05) is 5.32 Å². The van der Waals surface area contributed by atoms with Crippen molar-refractivity contribution in [1.29, 1.82) is 5.26 Å². The van der Waals surface area contributed by atoms with Crippen molar-refractivity contribution in [1.82, 2.24) is 14.2 Å². The first kappa shape index (κ1) is 23.1. The molecule has 0 saturated heterocycles. The van der Waals surface area contributed by atoms with Crippen LogP contribution in [0.15, 0.2) is 91.4 Å². The Labute approximate surface area is 212 Å². The van der Waals surface area contributed by atoms with Crippen LogP contribution in [0.4, 0.5) is 5.69 Å². The van der Waals surface area contributed by atoms with Gasteiger partial charge in [0.15, 0.2) is 11.8 Å². The Kier molecular flexibility index (Phi) is 6.11. The van der Waals surface area contributed by atoms with Crippen LogP contribution in [0.2, 0.25) is 5.02 Å². The number of nitrogens with zero attached hydrogens (tertiary/aromatic N) is 4. The minimum absolute atomic E-state index is 0.236. The van der Waals surface area contributed by atoms with E-state index in [0.29, 0.717) is 22.0 Å². The number of benzene rings is 2. The second-order valence-electron chi connectivity index (χ2n) is 8.33. The summed E-state index contributed by atoms with van der Waals surface area (Å²) < 4.78 is 3.13. The molecule has 0 saturated carbocycles. The Morgan fingerprint density at radius 3 is 2.58 bits per heavy atom. The van der Waals surface area contributed by atoms with E-state index in [1.54, 1.807) is 18.2 Å². The molecule has 0 radical (unpaired) electrons. The fourth-order valence-corrected chi connectivity index (χ4v) is 4.35. The van der Waals surface area contributed by atoms with Gasteiger partial charge in [-0.1, -0.05) is 54.1 Å². The lowest BCUT2D eigenvalue weighted by molar-refractivity contribution is -0.118. The molecule has 176 valence electrons. The summed E-state index contributed by atoms with van der Waals surface area (Å²) in [6.07, 6.45) is 4.58. The largest absolute Gasteiger partial charge is 0.322 e. The van der Waals surface area contributed by atoms with Gasteiger partial charge in [0.25, 0.3) is 5.91 Å². The normalized spacial score (nSPS) is 11.7. The molecule has 0 spiro atoms. The number of Topliss-reactive ketones (excluding diaryl/α,β-unsaturated/α-hetero) is 1. The summed E-state index contributed by atoms with van der Waals surface area (Å²) in [5.74, 6) is -1.08. The predicted molar refractivity (Wildman–Crippen MR) is 138 cm³/mol. The Bertz CT molecular complexity index is 1650. The summed E-state index contributed by atoms with van der Waals surface area (Å²) in [4.78, 5) is 27.8. The number of hydrogen-bond acceptors (Lipinski definition) is 4. The van der Waals surface area contributed by atoms with Crippen molar-refractivity contribution in [2.24, 2.45) is 0 Å². The van der Waals surface area contributed by atoms with E-state index in [1.807, 2.05) is 78.2 Å². The first-order valence-electron chi connectivity index (χ1n) is 11.2. The fourth-order valence-electron chi connectivity index (χ4n) is 4.18. The molecular weight excluding hydrogens is 474 g/mol. The number of fused-ring (bicyclic) bond motifs is 1. The fraction of sp³-hybridized carbons (Fsp3) is 0.0714. The molecule has 0 aliphatic carbocycles. The summed E-state index contributed by atoms with van der Waals surface area (Å²) >= 11 is 6.30. The Balaban J connectivity index is 1.65. The number of anilines is 1. The molecule has 3 aromatic heterocycles. The Hall–Kier alpha value is -4.67. The summed E-state index contributed by atoms with van der Waals surface area (Å²) in [5, 5.41) is 16.6. The third-order valence-electron chi connectivity index (χ3n) is 5.86. The van der Waals surface area contributed by atoms with E-state index in [2.05, 4.69) is 10.4 Å². The second kappa shape index (κ2) is 9.53. The van der Waals surface area contributed by atoms with Crippen molar-refractivity contribution >= 4 is 34.5 Å². The van der Waals surface area contributed by atoms with Crippen LogP contribution in [0, 0.1) is 18.3 Å². The SMILES string of the molecule is Cc1ccc(Cl)c(NC(=O)C(C(=O)c2cc3ccccn3c2-c2ccccc2)n2cc(C#N)cn2)c1. The average molecular weight is 494 g/mol. The van der Waals surface area contributed by atoms with Gasteiger partial charge in [-0.05, 0) is 48.4 Å². The number of nitrogens with one attached hydrogen (secondary N) is 1. The van der Waals surface area contributed by atoms with Crippen LogP contribution in [0.1, 0.15) is 27.5 Å². The summed E-state index contributed by atoms with van der Waals surface area (Å²) in [6, 6.07) is 22.8. The van der Waals surface area contributed by atoms with E-state index in [1.165, 1.54) is 17.1 Å². The zero-order chi connectivity index (χ0) is 25.2. The molecule has 0 bridgehead atoms. The molecule has 1 atom stereocenters. The Morgan fingerprint density at radius 1 is 1.06 bits per heavy atom. The number of nitriles is 1. The number of aromatic nitrogens is 3. The highest BCUT2D eigenvalue weighted by Crippen LogP contribution is 2.31. The van der Waals surface area contributed by atoms with E-state index in [-0.39, 0.29) is 5.56 Å². The van der Waals surface area contributed by atoms with Crippen LogP contribution in [0.3, 0.4) is 0 Å². The molecule has 7 nitrogen and oxygen atoms in total. The van der Waals surface area contributed by atoms with E-state index in [9.17, 15) is 14.9 Å². The van der Waals surface area contributed by atoms with Gasteiger partial charge in [0.1, 0.15) is 6.07 Å². The van der Waals surface area contributed by atoms with Crippen LogP contribution in [-0.4, -0.2) is 25.9 Å². The number of halogens is 1. The molecule has 1 unspecified atom stereocenters. The standard InChI is InChI=1S/C28H20ClN5O2/c1-18-10-11-23(29)24(13-18)32-28(36)26(34-17-19(15-30)16-31-34)27(35)22-14-21-9-5-6-12-33(21)25(22)20-7-3-2-4-8-20/h2-14,16-17,26H,1H3,(H,32,36). The van der Waals surface area contributed by atoms with Crippen molar-refractivity contribution in [2.45, 2.75) is 13.0 Å². The zero-order valence-corrected chi connectivity index (χ0v) is 20.0. The molecule has 1 amide bonds. The van der Waals surface area contributed by atoms with Crippen LogP contribution >= 0.6 is 11.6 Å². The number of rotatable bonds is 6. The highest BCUT2D eigenvalue weighted by atomic mass is 35.5. The van der Waals surface area contributed by atoms with Gasteiger partial charge in [0.2, 0.25) is 0 Å². The van der Waals surface area contributed by atoms with E-state index >= 15 is 0 Å². The van der Waals surface area contributed by atoms with Gasteiger partial charge in [-0.25, -0.2) is 0 Å². The molecule has 2 aromatic carbocycles. The minimum Gasteiger partial charge on any atom is -0.322 e. The molecule has 1 N–H and O–H groups in total. The summed E-state index contributed by atoms with van der Waals surface area (Å²) in [6.45, 7) is 1.88. The van der Waals surface area contributed by atoms with Gasteiger partial charge in [0.05, 0.1) is 28.2 Å². The van der Waals surface area contributed by atoms with E-state index in [0.717, 1.165) is 16.6 Å². The van der Waals surface area contributed by atoms with Crippen LogP contribution < -0.4 is 5.32 Å². The molecule has 3 heterocycles. The van der Waals surface area contributed by atoms with Gasteiger partial charge in [-0.3, -0.25) is 14.3 Å². The maximum atomic E-state index is 14.1. The lowest BCUT2D eigenvalue weighted by Gasteiger charge is -2.18. The smallest absolute Gasteiger partial charge is 0.257 e. The average Bonchev–Trinajstić information content (AvgIpc) is 3.52. The van der Waals surface area contributed by atoms with Crippen LogP contribution in [0.5, 0.6) is 0 Å². The predicted octanol–water partition coefficient (Wildman–Crippen LogP) is 5.70. The summed E-state index contributed by atoms with van der Waals surface area (Å²) in [5.41, 5.74) is 4.17. The zero-order valence-electron chi connectivity index (χ0n) is 19.2. The minimum atomic E-state index is -1.37. The lowest BCUT2D eigenvalue weighted by Crippen LogP contribution is -2.33. The topological polar surface area (TPSA) is 92.2 Å². The maximum Gasteiger partial charge on any atom is 0.257 e. The van der Waals surface area contributed by atoms with Crippen molar-refractivity contribution < 1.29 is 9.59 Å². The molecular formula is C28H20ClN5O2. The molecule has 0 aliphatic rings. The van der Waals surface area contributed by atoms with E-state index in [4.69, 9.17) is 11.6 Å². The Morgan fingerprint density at radius 2 is 1.83 bits per heavy atom. The number of ketones is 1. The number of carbonyl (C=O) groups is 2. The molecule has 5 aromatic rings. The van der Waals surface area contributed by atoms with Crippen LogP contribution in [-0.2, 0) is 4.79 Å². The highest BCUT2D eigenvalue weighted by molar-refractivity contribution is 6.34. The third-order valence-corrected chi connectivity index (χ3v) is 6.19. The van der Waals surface area contributed by atoms with Crippen molar-refractivity contribution in [3.8, 4) is 17.3 Å². The molecule has 36 heavy (non-hydrogen) atoms. The monoisotopic (exact) mass is 493 g/mol. The highest BCUT2D eigenvalue weighted by Gasteiger charge is 2.34. The first-order chi connectivity index (χ1) is 17.5. The van der Waals surface area contributed by atoms with Gasteiger partial charge < -0.3 is 9.72 Å². The van der Waals surface area contributed by atoms with Gasteiger partial charge in [0, 0.05) is 23.5 Å². The molecule has 0 aliphatic heterocycles. The van der Waals surface area contributed by atoms with Crippen LogP contribution in [0.25, 0.3) is 16.8 Å². The van der Waals surface area contributed by atoms with Crippen molar-refractivity contribution in [3.63, 3.8) is 0 Å². The molecule has 0 fully saturated rings. The number of hydrogen-bond donors (Lipinski definition) is 1. The molecule has 8 heteroatoms. The molecule has 5 rings (SSSR count). The number of aryl methyl sites for hydroxylation is 1. The second-order valence-corrected chi connectivity index (χ2v) is 8.74. The van der Waals surface area contributed by atoms with Crippen molar-refractivity contribution in [3.05, 3.63) is 113 Å².